The van der Waals surface area contributed by atoms with Gasteiger partial charge in [0.1, 0.15) is 11.4 Å². The third kappa shape index (κ3) is 3.24. The Morgan fingerprint density at radius 1 is 1.33 bits per heavy atom. The van der Waals surface area contributed by atoms with Gasteiger partial charge in [-0.25, -0.2) is 5.43 Å². The van der Waals surface area contributed by atoms with E-state index in [1.807, 2.05) is 6.92 Å². The van der Waals surface area contributed by atoms with Crippen molar-refractivity contribution in [3.63, 3.8) is 0 Å². The molecule has 0 aliphatic carbocycles. The molecule has 3 rings (SSSR count). The maximum Gasteiger partial charge on any atom is 0.274 e. The molecule has 122 valence electrons. The summed E-state index contributed by atoms with van der Waals surface area (Å²) in [6, 6.07) is 9.86. The Hall–Kier alpha value is -3.22. The minimum atomic E-state index is -0.408. The van der Waals surface area contributed by atoms with E-state index in [0.717, 1.165) is 0 Å². The molecule has 2 amide bonds. The molecule has 0 spiro atoms. The molecule has 3 N–H and O–H groups in total. The second-order valence-electron chi connectivity index (χ2n) is 5.54. The fourth-order valence-corrected chi connectivity index (χ4v) is 2.48. The lowest BCUT2D eigenvalue weighted by molar-refractivity contribution is -0.121. The molecule has 0 saturated carbocycles. The summed E-state index contributed by atoms with van der Waals surface area (Å²) >= 11 is 0. The summed E-state index contributed by atoms with van der Waals surface area (Å²) in [6.45, 7) is 1.89. The first kappa shape index (κ1) is 15.7. The topological polar surface area (TPSA) is 104 Å². The Labute approximate surface area is 138 Å². The molecular weight excluding hydrogens is 308 g/mol. The molecule has 1 aromatic carbocycles. The van der Waals surface area contributed by atoms with Crippen molar-refractivity contribution in [2.45, 2.75) is 13.3 Å². The summed E-state index contributed by atoms with van der Waals surface area (Å²) in [4.78, 5) is 27.4. The minimum absolute atomic E-state index is 0.0490. The number of anilines is 1. The van der Waals surface area contributed by atoms with Crippen molar-refractivity contribution in [1.29, 1.82) is 0 Å². The van der Waals surface area contributed by atoms with Gasteiger partial charge in [0.2, 0.25) is 5.91 Å². The zero-order chi connectivity index (χ0) is 17.1. The van der Waals surface area contributed by atoms with E-state index in [1.165, 1.54) is 12.3 Å². The molecule has 1 atom stereocenters. The average Bonchev–Trinajstić information content (AvgIpc) is 2.57. The number of aromatic hydroxyl groups is 1. The van der Waals surface area contributed by atoms with Crippen LogP contribution in [0.15, 0.2) is 47.7 Å². The third-order valence-electron chi connectivity index (χ3n) is 3.70. The molecule has 7 heteroatoms. The van der Waals surface area contributed by atoms with Gasteiger partial charge in [-0.3, -0.25) is 14.6 Å². The van der Waals surface area contributed by atoms with Gasteiger partial charge >= 0.3 is 0 Å². The van der Waals surface area contributed by atoms with Gasteiger partial charge in [-0.15, -0.1) is 0 Å². The highest BCUT2D eigenvalue weighted by Crippen LogP contribution is 2.27. The summed E-state index contributed by atoms with van der Waals surface area (Å²) in [5.41, 5.74) is 4.35. The molecule has 1 unspecified atom stereocenters. The van der Waals surface area contributed by atoms with E-state index in [9.17, 15) is 14.7 Å². The second-order valence-corrected chi connectivity index (χ2v) is 5.54. The van der Waals surface area contributed by atoms with Crippen LogP contribution in [0.2, 0.25) is 0 Å². The number of phenolic OH excluding ortho intramolecular Hbond substituents is 1. The second kappa shape index (κ2) is 6.49. The SMILES string of the molecule is CC1CC(=O)NN=C1c1ccc(NC(=O)c2ccccn2)c(O)c1. The van der Waals surface area contributed by atoms with Crippen LogP contribution in [0, 0.1) is 5.92 Å². The largest absolute Gasteiger partial charge is 0.506 e. The van der Waals surface area contributed by atoms with Crippen LogP contribution in [-0.4, -0.2) is 27.6 Å². The molecule has 1 aliphatic rings. The lowest BCUT2D eigenvalue weighted by atomic mass is 9.94. The zero-order valence-corrected chi connectivity index (χ0v) is 13.0. The van der Waals surface area contributed by atoms with Gasteiger partial charge in [0, 0.05) is 24.1 Å². The highest BCUT2D eigenvalue weighted by molar-refractivity contribution is 6.07. The number of hydrogen-bond donors (Lipinski definition) is 3. The Balaban J connectivity index is 1.80. The lowest BCUT2D eigenvalue weighted by Crippen LogP contribution is -2.31. The Bertz CT molecular complexity index is 818. The number of aromatic nitrogens is 1. The van der Waals surface area contributed by atoms with Crippen molar-refractivity contribution in [2.24, 2.45) is 11.0 Å². The summed E-state index contributed by atoms with van der Waals surface area (Å²) < 4.78 is 0. The minimum Gasteiger partial charge on any atom is -0.506 e. The number of hydrogen-bond acceptors (Lipinski definition) is 5. The van der Waals surface area contributed by atoms with Crippen LogP contribution >= 0.6 is 0 Å². The summed E-state index contributed by atoms with van der Waals surface area (Å²) in [5.74, 6) is -0.667. The van der Waals surface area contributed by atoms with Crippen molar-refractivity contribution in [2.75, 3.05) is 5.32 Å². The first-order chi connectivity index (χ1) is 11.5. The first-order valence-corrected chi connectivity index (χ1v) is 7.47. The molecule has 0 bridgehead atoms. The van der Waals surface area contributed by atoms with E-state index in [4.69, 9.17) is 0 Å². The normalized spacial score (nSPS) is 17.0. The molecule has 1 aromatic heterocycles. The van der Waals surface area contributed by atoms with Crippen molar-refractivity contribution < 1.29 is 14.7 Å². The van der Waals surface area contributed by atoms with Crippen molar-refractivity contribution in [3.8, 4) is 5.75 Å². The Morgan fingerprint density at radius 3 is 2.83 bits per heavy atom. The van der Waals surface area contributed by atoms with Crippen molar-refractivity contribution in [1.82, 2.24) is 10.4 Å². The van der Waals surface area contributed by atoms with Crippen LogP contribution in [0.4, 0.5) is 5.69 Å². The maximum absolute atomic E-state index is 12.1. The number of carbonyl (C=O) groups is 2. The summed E-state index contributed by atoms with van der Waals surface area (Å²) in [6.07, 6.45) is 1.87. The van der Waals surface area contributed by atoms with Gasteiger partial charge in [-0.2, -0.15) is 5.10 Å². The monoisotopic (exact) mass is 324 g/mol. The smallest absolute Gasteiger partial charge is 0.274 e. The molecule has 0 fully saturated rings. The first-order valence-electron chi connectivity index (χ1n) is 7.47. The molecule has 0 radical (unpaired) electrons. The molecule has 24 heavy (non-hydrogen) atoms. The van der Waals surface area contributed by atoms with Crippen LogP contribution in [0.5, 0.6) is 5.75 Å². The quantitative estimate of drug-likeness (QED) is 0.750. The van der Waals surface area contributed by atoms with Crippen molar-refractivity contribution in [3.05, 3.63) is 53.9 Å². The van der Waals surface area contributed by atoms with E-state index in [-0.39, 0.29) is 29.0 Å². The van der Waals surface area contributed by atoms with Gasteiger partial charge in [0.15, 0.2) is 0 Å². The van der Waals surface area contributed by atoms with Crippen LogP contribution in [-0.2, 0) is 4.79 Å². The molecule has 2 heterocycles. The lowest BCUT2D eigenvalue weighted by Gasteiger charge is -2.19. The number of pyridine rings is 1. The molecule has 1 aliphatic heterocycles. The standard InChI is InChI=1S/C17H16N4O3/c1-10-8-15(23)20-21-16(10)11-5-6-12(14(22)9-11)19-17(24)13-4-2-3-7-18-13/h2-7,9-10,22H,8H2,1H3,(H,19,24)(H,20,23). The number of hydrazone groups is 1. The summed E-state index contributed by atoms with van der Waals surface area (Å²) in [7, 11) is 0. The van der Waals surface area contributed by atoms with E-state index >= 15 is 0 Å². The average molecular weight is 324 g/mol. The van der Waals surface area contributed by atoms with E-state index < -0.39 is 5.91 Å². The van der Waals surface area contributed by atoms with Gasteiger partial charge in [0.25, 0.3) is 5.91 Å². The van der Waals surface area contributed by atoms with Gasteiger partial charge in [-0.05, 0) is 24.3 Å². The number of nitrogens with zero attached hydrogens (tertiary/aromatic N) is 2. The van der Waals surface area contributed by atoms with E-state index in [0.29, 0.717) is 17.7 Å². The van der Waals surface area contributed by atoms with Crippen LogP contribution in [0.3, 0.4) is 0 Å². The number of benzene rings is 1. The fraction of sp³-hybridized carbons (Fsp3) is 0.176. The number of amides is 2. The zero-order valence-electron chi connectivity index (χ0n) is 13.0. The third-order valence-corrected chi connectivity index (χ3v) is 3.70. The van der Waals surface area contributed by atoms with Crippen LogP contribution in [0.1, 0.15) is 29.4 Å². The summed E-state index contributed by atoms with van der Waals surface area (Å²) in [5, 5.41) is 16.8. The van der Waals surface area contributed by atoms with Gasteiger partial charge in [0.05, 0.1) is 11.4 Å². The Kier molecular flexibility index (Phi) is 4.24. The highest BCUT2D eigenvalue weighted by atomic mass is 16.3. The number of phenols is 1. The number of carbonyl (C=O) groups excluding carboxylic acids is 2. The molecule has 2 aromatic rings. The van der Waals surface area contributed by atoms with Crippen LogP contribution < -0.4 is 10.7 Å². The highest BCUT2D eigenvalue weighted by Gasteiger charge is 2.22. The molecule has 0 saturated heterocycles. The van der Waals surface area contributed by atoms with E-state index in [2.05, 4.69) is 20.8 Å². The fourth-order valence-electron chi connectivity index (χ4n) is 2.48. The number of rotatable bonds is 3. The molecule has 7 nitrogen and oxygen atoms in total. The predicted molar refractivity (Wildman–Crippen MR) is 88.8 cm³/mol. The van der Waals surface area contributed by atoms with Gasteiger partial charge in [-0.1, -0.05) is 19.1 Å². The van der Waals surface area contributed by atoms with Crippen molar-refractivity contribution >= 4 is 23.2 Å². The van der Waals surface area contributed by atoms with E-state index in [1.54, 1.807) is 30.3 Å². The van der Waals surface area contributed by atoms with Gasteiger partial charge < -0.3 is 10.4 Å². The maximum atomic E-state index is 12.1. The Morgan fingerprint density at radius 2 is 2.17 bits per heavy atom. The predicted octanol–water partition coefficient (Wildman–Crippen LogP) is 1.90. The molecular formula is C17H16N4O3. The van der Waals surface area contributed by atoms with Crippen LogP contribution in [0.25, 0.3) is 0 Å². The number of nitrogens with one attached hydrogen (secondary N) is 2.